The number of carbonyl (C=O) groups excluding carboxylic acids is 4. The SMILES string of the molecule is CCCCCCCCN(C(=O)C(C)NC(=O)OC(C)(C)C)C(C(=O)NCC(=O)OC)c1cc(C)ccc1C. The highest BCUT2D eigenvalue weighted by molar-refractivity contribution is 5.93. The number of nitrogens with one attached hydrogen (secondary N) is 2. The Morgan fingerprint density at radius 3 is 2.24 bits per heavy atom. The van der Waals surface area contributed by atoms with E-state index in [1.807, 2.05) is 32.0 Å². The van der Waals surface area contributed by atoms with Crippen molar-refractivity contribution in [2.24, 2.45) is 0 Å². The van der Waals surface area contributed by atoms with E-state index < -0.39 is 41.6 Å². The summed E-state index contributed by atoms with van der Waals surface area (Å²) in [7, 11) is 1.25. The quantitative estimate of drug-likeness (QED) is 0.264. The molecule has 2 unspecified atom stereocenters. The lowest BCUT2D eigenvalue weighted by Gasteiger charge is -2.34. The standard InChI is InChI=1S/C29H47N3O6/c1-9-10-11-12-13-14-17-32(27(35)22(4)31-28(36)38-29(5,6)7)25(26(34)30-19-24(33)37-8)23-18-20(2)15-16-21(23)3/h15-16,18,22,25H,9-14,17,19H2,1-8H3,(H,30,34)(H,31,36). The second kappa shape index (κ2) is 16.0. The summed E-state index contributed by atoms with van der Waals surface area (Å²) in [6.45, 7) is 12.7. The minimum atomic E-state index is -0.995. The molecule has 2 atom stereocenters. The van der Waals surface area contributed by atoms with Gasteiger partial charge in [0.05, 0.1) is 7.11 Å². The molecule has 0 saturated heterocycles. The van der Waals surface area contributed by atoms with Crippen LogP contribution in [0.2, 0.25) is 0 Å². The minimum absolute atomic E-state index is 0.314. The molecule has 0 heterocycles. The normalized spacial score (nSPS) is 12.7. The van der Waals surface area contributed by atoms with Gasteiger partial charge >= 0.3 is 12.1 Å². The van der Waals surface area contributed by atoms with Crippen LogP contribution in [0.4, 0.5) is 4.79 Å². The van der Waals surface area contributed by atoms with Gasteiger partial charge in [-0.1, -0.05) is 62.8 Å². The van der Waals surface area contributed by atoms with Crippen molar-refractivity contribution in [1.82, 2.24) is 15.5 Å². The molecule has 1 aromatic rings. The average molecular weight is 534 g/mol. The molecule has 0 aromatic heterocycles. The number of amides is 3. The molecule has 0 aliphatic carbocycles. The van der Waals surface area contributed by atoms with Gasteiger partial charge in [0, 0.05) is 6.54 Å². The van der Waals surface area contributed by atoms with Gasteiger partial charge < -0.3 is 25.0 Å². The third-order valence-electron chi connectivity index (χ3n) is 6.06. The van der Waals surface area contributed by atoms with E-state index in [4.69, 9.17) is 4.74 Å². The smallest absolute Gasteiger partial charge is 0.408 e. The lowest BCUT2D eigenvalue weighted by Crippen LogP contribution is -2.52. The summed E-state index contributed by atoms with van der Waals surface area (Å²) in [4.78, 5) is 53.0. The van der Waals surface area contributed by atoms with Gasteiger partial charge in [-0.05, 0) is 59.1 Å². The van der Waals surface area contributed by atoms with Crippen LogP contribution in [-0.2, 0) is 23.9 Å². The van der Waals surface area contributed by atoms with E-state index in [0.717, 1.165) is 43.2 Å². The van der Waals surface area contributed by atoms with Crippen molar-refractivity contribution in [2.45, 2.75) is 105 Å². The van der Waals surface area contributed by atoms with Gasteiger partial charge in [-0.25, -0.2) is 4.79 Å². The fourth-order valence-corrected chi connectivity index (χ4v) is 4.06. The van der Waals surface area contributed by atoms with Crippen LogP contribution in [0, 0.1) is 13.8 Å². The Bertz CT molecular complexity index is 941. The zero-order chi connectivity index (χ0) is 28.9. The van der Waals surface area contributed by atoms with Gasteiger partial charge in [0.15, 0.2) is 0 Å². The summed E-state index contributed by atoms with van der Waals surface area (Å²) < 4.78 is 10.0. The zero-order valence-corrected chi connectivity index (χ0v) is 24.4. The lowest BCUT2D eigenvalue weighted by molar-refractivity contribution is -0.144. The molecule has 0 aliphatic rings. The molecule has 0 fully saturated rings. The number of unbranched alkanes of at least 4 members (excludes halogenated alkanes) is 5. The Hall–Kier alpha value is -3.10. The summed E-state index contributed by atoms with van der Waals surface area (Å²) in [5, 5.41) is 5.23. The number of esters is 1. The first-order valence-electron chi connectivity index (χ1n) is 13.5. The van der Waals surface area contributed by atoms with Gasteiger partial charge in [0.25, 0.3) is 0 Å². The predicted molar refractivity (Wildman–Crippen MR) is 148 cm³/mol. The molecular weight excluding hydrogens is 486 g/mol. The summed E-state index contributed by atoms with van der Waals surface area (Å²) >= 11 is 0. The second-order valence-corrected chi connectivity index (χ2v) is 10.7. The highest BCUT2D eigenvalue weighted by Crippen LogP contribution is 2.27. The van der Waals surface area contributed by atoms with Crippen molar-refractivity contribution in [3.05, 3.63) is 34.9 Å². The third kappa shape index (κ3) is 11.5. The molecule has 214 valence electrons. The largest absolute Gasteiger partial charge is 0.468 e. The highest BCUT2D eigenvalue weighted by atomic mass is 16.6. The Labute approximate surface area is 228 Å². The van der Waals surface area contributed by atoms with Crippen molar-refractivity contribution in [3.8, 4) is 0 Å². The maximum Gasteiger partial charge on any atom is 0.408 e. The number of ether oxygens (including phenoxy) is 2. The molecule has 0 saturated carbocycles. The first kappa shape index (κ1) is 32.9. The van der Waals surface area contributed by atoms with Crippen molar-refractivity contribution in [3.63, 3.8) is 0 Å². The Morgan fingerprint density at radius 2 is 1.63 bits per heavy atom. The third-order valence-corrected chi connectivity index (χ3v) is 6.06. The molecule has 3 amide bonds. The molecule has 0 radical (unpaired) electrons. The molecule has 9 nitrogen and oxygen atoms in total. The zero-order valence-electron chi connectivity index (χ0n) is 24.4. The van der Waals surface area contributed by atoms with E-state index in [0.29, 0.717) is 18.5 Å². The van der Waals surface area contributed by atoms with E-state index in [1.165, 1.54) is 12.0 Å². The molecule has 1 aromatic carbocycles. The first-order valence-corrected chi connectivity index (χ1v) is 13.5. The molecule has 0 aliphatic heterocycles. The first-order chi connectivity index (χ1) is 17.8. The number of nitrogens with zero attached hydrogens (tertiary/aromatic N) is 1. The van der Waals surface area contributed by atoms with Crippen molar-refractivity contribution in [1.29, 1.82) is 0 Å². The van der Waals surface area contributed by atoms with Crippen LogP contribution in [0.3, 0.4) is 0 Å². The van der Waals surface area contributed by atoms with E-state index in [9.17, 15) is 19.2 Å². The fourth-order valence-electron chi connectivity index (χ4n) is 4.06. The number of methoxy groups -OCH3 is 1. The van der Waals surface area contributed by atoms with E-state index in [2.05, 4.69) is 22.3 Å². The summed E-state index contributed by atoms with van der Waals surface area (Å²) in [6.07, 6.45) is 5.32. The lowest BCUT2D eigenvalue weighted by atomic mass is 9.96. The van der Waals surface area contributed by atoms with Crippen molar-refractivity contribution in [2.75, 3.05) is 20.2 Å². The molecule has 1 rings (SSSR count). The predicted octanol–water partition coefficient (Wildman–Crippen LogP) is 4.74. The van der Waals surface area contributed by atoms with E-state index in [1.54, 1.807) is 27.7 Å². The van der Waals surface area contributed by atoms with Crippen LogP contribution in [0.5, 0.6) is 0 Å². The number of aryl methyl sites for hydroxylation is 2. The van der Waals surface area contributed by atoms with Crippen molar-refractivity contribution < 1.29 is 28.7 Å². The van der Waals surface area contributed by atoms with Crippen LogP contribution >= 0.6 is 0 Å². The Kier molecular flexibility index (Phi) is 13.9. The number of rotatable bonds is 14. The molecule has 38 heavy (non-hydrogen) atoms. The van der Waals surface area contributed by atoms with Crippen LogP contribution < -0.4 is 10.6 Å². The molecule has 0 bridgehead atoms. The summed E-state index contributed by atoms with van der Waals surface area (Å²) in [5.41, 5.74) is 1.71. The number of carbonyl (C=O) groups is 4. The monoisotopic (exact) mass is 533 g/mol. The summed E-state index contributed by atoms with van der Waals surface area (Å²) in [6, 6.07) is 3.79. The van der Waals surface area contributed by atoms with Gasteiger partial charge in [-0.2, -0.15) is 0 Å². The fraction of sp³-hybridized carbons (Fsp3) is 0.655. The van der Waals surface area contributed by atoms with Crippen LogP contribution in [-0.4, -0.2) is 60.6 Å². The molecular formula is C29H47N3O6. The van der Waals surface area contributed by atoms with Gasteiger partial charge in [0.2, 0.25) is 11.8 Å². The minimum Gasteiger partial charge on any atom is -0.468 e. The van der Waals surface area contributed by atoms with Gasteiger partial charge in [0.1, 0.15) is 24.2 Å². The van der Waals surface area contributed by atoms with E-state index >= 15 is 0 Å². The number of alkyl carbamates (subject to hydrolysis) is 1. The summed E-state index contributed by atoms with van der Waals surface area (Å²) in [5.74, 6) is -1.50. The average Bonchev–Trinajstić information content (AvgIpc) is 2.83. The number of benzene rings is 1. The van der Waals surface area contributed by atoms with Gasteiger partial charge in [-0.15, -0.1) is 0 Å². The van der Waals surface area contributed by atoms with Crippen LogP contribution in [0.15, 0.2) is 18.2 Å². The number of hydrogen-bond acceptors (Lipinski definition) is 6. The molecule has 0 spiro atoms. The molecule has 9 heteroatoms. The van der Waals surface area contributed by atoms with Gasteiger partial charge in [-0.3, -0.25) is 14.4 Å². The topological polar surface area (TPSA) is 114 Å². The second-order valence-electron chi connectivity index (χ2n) is 10.7. The maximum absolute atomic E-state index is 13.8. The number of hydrogen-bond donors (Lipinski definition) is 2. The molecule has 2 N–H and O–H groups in total. The van der Waals surface area contributed by atoms with Crippen molar-refractivity contribution >= 4 is 23.9 Å². The highest BCUT2D eigenvalue weighted by Gasteiger charge is 2.35. The van der Waals surface area contributed by atoms with E-state index in [-0.39, 0.29) is 6.54 Å². The Morgan fingerprint density at radius 1 is 1.00 bits per heavy atom. The maximum atomic E-state index is 13.8. The Balaban J connectivity index is 3.35. The van der Waals surface area contributed by atoms with Crippen LogP contribution in [0.1, 0.15) is 95.9 Å². The van der Waals surface area contributed by atoms with Crippen LogP contribution in [0.25, 0.3) is 0 Å².